The Labute approximate surface area is 99.2 Å². The van der Waals surface area contributed by atoms with Crippen LogP contribution in [0.2, 0.25) is 0 Å². The number of carbonyl (C=O) groups excluding carboxylic acids is 1. The molecule has 0 aromatic heterocycles. The summed E-state index contributed by atoms with van der Waals surface area (Å²) in [7, 11) is 0. The van der Waals surface area contributed by atoms with Gasteiger partial charge in [-0.25, -0.2) is 0 Å². The second-order valence-corrected chi connectivity index (χ2v) is 5.82. The molecule has 0 bridgehead atoms. The Morgan fingerprint density at radius 3 is 2.56 bits per heavy atom. The number of amides is 1. The smallest absolute Gasteiger partial charge is 0.225 e. The lowest BCUT2D eigenvalue weighted by molar-refractivity contribution is -0.129. The molecule has 1 aliphatic carbocycles. The summed E-state index contributed by atoms with van der Waals surface area (Å²) < 4.78 is 0. The molecule has 1 rings (SSSR count). The maximum Gasteiger partial charge on any atom is 0.225 e. The lowest BCUT2D eigenvalue weighted by Crippen LogP contribution is -2.52. The highest BCUT2D eigenvalue weighted by atomic mass is 16.2. The van der Waals surface area contributed by atoms with Gasteiger partial charge in [-0.3, -0.25) is 4.79 Å². The number of carbonyl (C=O) groups is 1. The molecule has 1 saturated carbocycles. The van der Waals surface area contributed by atoms with E-state index in [4.69, 9.17) is 5.73 Å². The van der Waals surface area contributed by atoms with E-state index in [2.05, 4.69) is 33.0 Å². The summed E-state index contributed by atoms with van der Waals surface area (Å²) in [5.74, 6) is 0.558. The maximum atomic E-state index is 12.2. The number of rotatable bonds is 3. The molecule has 1 amide bonds. The largest absolute Gasteiger partial charge is 0.351 e. The number of nitrogens with two attached hydrogens (primary N) is 1. The van der Waals surface area contributed by atoms with Gasteiger partial charge in [0.1, 0.15) is 0 Å². The molecule has 0 aromatic carbocycles. The average Bonchev–Trinajstić information content (AvgIpc) is 2.16. The van der Waals surface area contributed by atoms with Gasteiger partial charge in [-0.15, -0.1) is 0 Å². The molecule has 3 unspecified atom stereocenters. The lowest BCUT2D eigenvalue weighted by atomic mass is 9.76. The first kappa shape index (κ1) is 13.5. The zero-order valence-electron chi connectivity index (χ0n) is 11.0. The van der Waals surface area contributed by atoms with Gasteiger partial charge in [0.15, 0.2) is 0 Å². The van der Waals surface area contributed by atoms with Gasteiger partial charge in [-0.2, -0.15) is 0 Å². The van der Waals surface area contributed by atoms with Crippen LogP contribution in [0.3, 0.4) is 0 Å². The third-order valence-corrected chi connectivity index (χ3v) is 3.92. The van der Waals surface area contributed by atoms with E-state index in [1.54, 1.807) is 0 Å². The topological polar surface area (TPSA) is 55.1 Å². The average molecular weight is 226 g/mol. The van der Waals surface area contributed by atoms with Crippen molar-refractivity contribution in [3.05, 3.63) is 0 Å². The van der Waals surface area contributed by atoms with Crippen molar-refractivity contribution in [1.29, 1.82) is 0 Å². The van der Waals surface area contributed by atoms with Crippen molar-refractivity contribution < 1.29 is 4.79 Å². The molecule has 0 aliphatic heterocycles. The van der Waals surface area contributed by atoms with Crippen LogP contribution in [0, 0.1) is 11.8 Å². The highest BCUT2D eigenvalue weighted by Crippen LogP contribution is 2.29. The van der Waals surface area contributed by atoms with Crippen molar-refractivity contribution in [2.75, 3.05) is 0 Å². The van der Waals surface area contributed by atoms with Gasteiger partial charge in [-0.1, -0.05) is 20.3 Å². The molecule has 1 aliphatic rings. The first-order valence-corrected chi connectivity index (χ1v) is 6.45. The van der Waals surface area contributed by atoms with Crippen molar-refractivity contribution >= 4 is 5.91 Å². The molecule has 3 atom stereocenters. The summed E-state index contributed by atoms with van der Waals surface area (Å²) in [4.78, 5) is 12.2. The maximum absolute atomic E-state index is 12.2. The standard InChI is InChI=1S/C13H26N2O/c1-5-13(3,4)15-12(16)11-9(2)7-6-8-10(11)14/h9-11H,5-8,14H2,1-4H3,(H,15,16). The van der Waals surface area contributed by atoms with Crippen LogP contribution in [-0.2, 0) is 4.79 Å². The van der Waals surface area contributed by atoms with Crippen molar-refractivity contribution in [3.63, 3.8) is 0 Å². The Kier molecular flexibility index (Phi) is 4.36. The normalized spacial score (nSPS) is 31.2. The monoisotopic (exact) mass is 226 g/mol. The number of hydrogen-bond acceptors (Lipinski definition) is 2. The van der Waals surface area contributed by atoms with Crippen LogP contribution in [0.5, 0.6) is 0 Å². The van der Waals surface area contributed by atoms with Gasteiger partial charge < -0.3 is 11.1 Å². The Morgan fingerprint density at radius 2 is 2.06 bits per heavy atom. The van der Waals surface area contributed by atoms with Gasteiger partial charge >= 0.3 is 0 Å². The first-order chi connectivity index (χ1) is 7.37. The molecule has 1 fully saturated rings. The Morgan fingerprint density at radius 1 is 1.44 bits per heavy atom. The van der Waals surface area contributed by atoms with E-state index < -0.39 is 0 Å². The third-order valence-electron chi connectivity index (χ3n) is 3.92. The predicted molar refractivity (Wildman–Crippen MR) is 67.0 cm³/mol. The van der Waals surface area contributed by atoms with E-state index >= 15 is 0 Å². The van der Waals surface area contributed by atoms with E-state index in [1.807, 2.05) is 0 Å². The Balaban J connectivity index is 2.64. The van der Waals surface area contributed by atoms with Gasteiger partial charge in [0.05, 0.1) is 5.92 Å². The first-order valence-electron chi connectivity index (χ1n) is 6.45. The van der Waals surface area contributed by atoms with Gasteiger partial charge in [0.2, 0.25) is 5.91 Å². The molecule has 0 radical (unpaired) electrons. The SMILES string of the molecule is CCC(C)(C)NC(=O)C1C(C)CCCC1N. The Hall–Kier alpha value is -0.570. The van der Waals surface area contributed by atoms with Gasteiger partial charge in [-0.05, 0) is 39.0 Å². The van der Waals surface area contributed by atoms with Gasteiger partial charge in [0.25, 0.3) is 0 Å². The minimum atomic E-state index is -0.117. The fourth-order valence-electron chi connectivity index (χ4n) is 2.41. The van der Waals surface area contributed by atoms with Crippen LogP contribution in [0.15, 0.2) is 0 Å². The minimum Gasteiger partial charge on any atom is -0.351 e. The van der Waals surface area contributed by atoms with Crippen LogP contribution in [-0.4, -0.2) is 17.5 Å². The number of nitrogens with one attached hydrogen (secondary N) is 1. The molecule has 3 heteroatoms. The molecule has 0 saturated heterocycles. The molecule has 16 heavy (non-hydrogen) atoms. The zero-order chi connectivity index (χ0) is 12.3. The van der Waals surface area contributed by atoms with Crippen LogP contribution >= 0.6 is 0 Å². The molecule has 0 heterocycles. The van der Waals surface area contributed by atoms with E-state index in [9.17, 15) is 4.79 Å². The van der Waals surface area contributed by atoms with E-state index in [0.29, 0.717) is 5.92 Å². The Bertz CT molecular complexity index is 240. The zero-order valence-corrected chi connectivity index (χ0v) is 11.0. The fraction of sp³-hybridized carbons (Fsp3) is 0.923. The van der Waals surface area contributed by atoms with Crippen molar-refractivity contribution in [1.82, 2.24) is 5.32 Å². The lowest BCUT2D eigenvalue weighted by Gasteiger charge is -2.36. The molecule has 3 N–H and O–H groups in total. The van der Waals surface area contributed by atoms with Crippen molar-refractivity contribution in [3.8, 4) is 0 Å². The van der Waals surface area contributed by atoms with E-state index in [-0.39, 0.29) is 23.4 Å². The highest BCUT2D eigenvalue weighted by molar-refractivity contribution is 5.80. The van der Waals surface area contributed by atoms with Gasteiger partial charge in [0, 0.05) is 11.6 Å². The van der Waals surface area contributed by atoms with Crippen LogP contribution in [0.25, 0.3) is 0 Å². The fourth-order valence-corrected chi connectivity index (χ4v) is 2.41. The molecule has 3 nitrogen and oxygen atoms in total. The van der Waals surface area contributed by atoms with Crippen molar-refractivity contribution in [2.24, 2.45) is 17.6 Å². The summed E-state index contributed by atoms with van der Waals surface area (Å²) in [5.41, 5.74) is 5.95. The number of hydrogen-bond donors (Lipinski definition) is 2. The third kappa shape index (κ3) is 3.21. The summed E-state index contributed by atoms with van der Waals surface area (Å²) in [6.07, 6.45) is 4.20. The van der Waals surface area contributed by atoms with E-state index in [0.717, 1.165) is 25.7 Å². The highest BCUT2D eigenvalue weighted by Gasteiger charge is 2.35. The second-order valence-electron chi connectivity index (χ2n) is 5.82. The summed E-state index contributed by atoms with van der Waals surface area (Å²) in [6.45, 7) is 8.35. The predicted octanol–water partition coefficient (Wildman–Crippen LogP) is 2.05. The summed E-state index contributed by atoms with van der Waals surface area (Å²) >= 11 is 0. The van der Waals surface area contributed by atoms with Crippen LogP contribution in [0.1, 0.15) is 53.4 Å². The van der Waals surface area contributed by atoms with Crippen molar-refractivity contribution in [2.45, 2.75) is 65.0 Å². The molecular formula is C13H26N2O. The molecular weight excluding hydrogens is 200 g/mol. The summed E-state index contributed by atoms with van der Waals surface area (Å²) in [6, 6.07) is 0.0383. The van der Waals surface area contributed by atoms with Crippen LogP contribution < -0.4 is 11.1 Å². The summed E-state index contributed by atoms with van der Waals surface area (Å²) in [5, 5.41) is 3.12. The minimum absolute atomic E-state index is 0.000394. The second kappa shape index (κ2) is 5.17. The van der Waals surface area contributed by atoms with Crippen LogP contribution in [0.4, 0.5) is 0 Å². The molecule has 0 aromatic rings. The van der Waals surface area contributed by atoms with E-state index in [1.165, 1.54) is 0 Å². The molecule has 94 valence electrons. The quantitative estimate of drug-likeness (QED) is 0.774. The molecule has 0 spiro atoms.